The summed E-state index contributed by atoms with van der Waals surface area (Å²) in [5, 5.41) is 10.6. The highest BCUT2D eigenvalue weighted by Gasteiger charge is 2.22. The molecular formula is C15H16N6O4. The first-order chi connectivity index (χ1) is 12.0. The summed E-state index contributed by atoms with van der Waals surface area (Å²) in [4.78, 5) is 45.1. The topological polar surface area (TPSA) is 114 Å². The van der Waals surface area contributed by atoms with E-state index in [2.05, 4.69) is 9.97 Å². The molecule has 25 heavy (non-hydrogen) atoms. The van der Waals surface area contributed by atoms with Crippen molar-refractivity contribution in [2.75, 3.05) is 31.1 Å². The van der Waals surface area contributed by atoms with Gasteiger partial charge in [-0.15, -0.1) is 0 Å². The van der Waals surface area contributed by atoms with E-state index in [0.29, 0.717) is 26.2 Å². The highest BCUT2D eigenvalue weighted by molar-refractivity contribution is 5.76. The SMILES string of the molecule is O=C(Cn1cccnc1=O)N1CCN(c2ccc([N+](=O)[O-])nc2)CC1. The minimum absolute atomic E-state index is 0.0360. The van der Waals surface area contributed by atoms with Crippen LogP contribution in [0.1, 0.15) is 0 Å². The van der Waals surface area contributed by atoms with Crippen LogP contribution in [0.15, 0.2) is 41.6 Å². The number of amides is 1. The van der Waals surface area contributed by atoms with Gasteiger partial charge in [0.2, 0.25) is 5.91 Å². The van der Waals surface area contributed by atoms with Crippen LogP contribution in [-0.2, 0) is 11.3 Å². The number of piperazine rings is 1. The molecule has 10 nitrogen and oxygen atoms in total. The van der Waals surface area contributed by atoms with Gasteiger partial charge >= 0.3 is 11.5 Å². The summed E-state index contributed by atoms with van der Waals surface area (Å²) in [6, 6.07) is 4.62. The van der Waals surface area contributed by atoms with Crippen LogP contribution in [0.5, 0.6) is 0 Å². The third-order valence-electron chi connectivity index (χ3n) is 4.01. The van der Waals surface area contributed by atoms with E-state index in [-0.39, 0.29) is 18.3 Å². The van der Waals surface area contributed by atoms with E-state index in [4.69, 9.17) is 0 Å². The van der Waals surface area contributed by atoms with E-state index in [1.807, 2.05) is 4.90 Å². The van der Waals surface area contributed by atoms with Crippen LogP contribution >= 0.6 is 0 Å². The summed E-state index contributed by atoms with van der Waals surface area (Å²) >= 11 is 0. The van der Waals surface area contributed by atoms with Gasteiger partial charge in [0, 0.05) is 44.6 Å². The van der Waals surface area contributed by atoms with Crippen LogP contribution in [0.25, 0.3) is 0 Å². The summed E-state index contributed by atoms with van der Waals surface area (Å²) < 4.78 is 1.27. The molecule has 2 aromatic heterocycles. The predicted octanol–water partition coefficient (Wildman–Crippen LogP) is -0.105. The molecule has 1 aliphatic rings. The zero-order valence-electron chi connectivity index (χ0n) is 13.3. The first-order valence-corrected chi connectivity index (χ1v) is 7.69. The lowest BCUT2D eigenvalue weighted by Crippen LogP contribution is -2.50. The summed E-state index contributed by atoms with van der Waals surface area (Å²) in [5.41, 5.74) is 0.326. The van der Waals surface area contributed by atoms with Crippen molar-refractivity contribution in [3.05, 3.63) is 57.4 Å². The number of pyridine rings is 1. The Balaban J connectivity index is 1.58. The number of nitro groups is 1. The molecule has 0 unspecified atom stereocenters. The minimum Gasteiger partial charge on any atom is -0.365 e. The second kappa shape index (κ2) is 7.07. The summed E-state index contributed by atoms with van der Waals surface area (Å²) in [6.45, 7) is 2.15. The Morgan fingerprint density at radius 1 is 1.20 bits per heavy atom. The van der Waals surface area contributed by atoms with Gasteiger partial charge in [0.25, 0.3) is 0 Å². The Hall–Kier alpha value is -3.30. The molecule has 0 aromatic carbocycles. The molecule has 0 bridgehead atoms. The molecule has 2 aromatic rings. The van der Waals surface area contributed by atoms with Crippen molar-refractivity contribution >= 4 is 17.4 Å². The van der Waals surface area contributed by atoms with Crippen molar-refractivity contribution in [2.24, 2.45) is 0 Å². The van der Waals surface area contributed by atoms with Crippen molar-refractivity contribution in [2.45, 2.75) is 6.54 Å². The molecular weight excluding hydrogens is 328 g/mol. The second-order valence-electron chi connectivity index (χ2n) is 5.53. The molecule has 0 radical (unpaired) electrons. The number of anilines is 1. The van der Waals surface area contributed by atoms with Crippen LogP contribution in [0.2, 0.25) is 0 Å². The van der Waals surface area contributed by atoms with Gasteiger partial charge < -0.3 is 19.9 Å². The van der Waals surface area contributed by atoms with E-state index in [1.54, 1.807) is 17.0 Å². The second-order valence-corrected chi connectivity index (χ2v) is 5.53. The van der Waals surface area contributed by atoms with Crippen LogP contribution in [-0.4, -0.2) is 56.4 Å². The number of carbonyl (C=O) groups excluding carboxylic acids is 1. The van der Waals surface area contributed by atoms with Crippen molar-refractivity contribution in [3.63, 3.8) is 0 Å². The molecule has 3 heterocycles. The zero-order chi connectivity index (χ0) is 17.8. The number of carbonyl (C=O) groups is 1. The largest absolute Gasteiger partial charge is 0.365 e. The molecule has 0 N–H and O–H groups in total. The average molecular weight is 344 g/mol. The monoisotopic (exact) mass is 344 g/mol. The first-order valence-electron chi connectivity index (χ1n) is 7.69. The van der Waals surface area contributed by atoms with Crippen LogP contribution < -0.4 is 10.6 Å². The van der Waals surface area contributed by atoms with Gasteiger partial charge in [-0.05, 0) is 22.0 Å². The van der Waals surface area contributed by atoms with E-state index < -0.39 is 10.6 Å². The Kier molecular flexibility index (Phi) is 4.68. The van der Waals surface area contributed by atoms with Gasteiger partial charge in [-0.2, -0.15) is 0 Å². The van der Waals surface area contributed by atoms with Gasteiger partial charge in [-0.1, -0.05) is 0 Å². The molecule has 130 valence electrons. The van der Waals surface area contributed by atoms with Gasteiger partial charge in [-0.25, -0.2) is 9.78 Å². The summed E-state index contributed by atoms with van der Waals surface area (Å²) in [6.07, 6.45) is 4.39. The summed E-state index contributed by atoms with van der Waals surface area (Å²) in [7, 11) is 0. The Bertz CT molecular complexity index is 826. The minimum atomic E-state index is -0.541. The predicted molar refractivity (Wildman–Crippen MR) is 88.2 cm³/mol. The maximum Gasteiger partial charge on any atom is 0.363 e. The number of hydrogen-bond acceptors (Lipinski definition) is 7. The van der Waals surface area contributed by atoms with Crippen LogP contribution in [0.4, 0.5) is 11.5 Å². The van der Waals surface area contributed by atoms with Gasteiger partial charge in [0.15, 0.2) is 6.20 Å². The van der Waals surface area contributed by atoms with E-state index >= 15 is 0 Å². The van der Waals surface area contributed by atoms with Gasteiger partial charge in [0.1, 0.15) is 6.54 Å². The number of hydrogen-bond donors (Lipinski definition) is 0. The van der Waals surface area contributed by atoms with Gasteiger partial charge in [0.05, 0.1) is 5.69 Å². The fraction of sp³-hybridized carbons (Fsp3) is 0.333. The molecule has 1 saturated heterocycles. The number of aromatic nitrogens is 3. The van der Waals surface area contributed by atoms with Crippen molar-refractivity contribution in [3.8, 4) is 0 Å². The first kappa shape index (κ1) is 16.6. The van der Waals surface area contributed by atoms with E-state index in [9.17, 15) is 19.7 Å². The molecule has 0 spiro atoms. The fourth-order valence-corrected chi connectivity index (χ4v) is 2.64. The quantitative estimate of drug-likeness (QED) is 0.562. The standard InChI is InChI=1S/C15H16N6O4/c22-14(11-20-5-1-4-16-15(20)23)19-8-6-18(7-9-19)12-2-3-13(17-10-12)21(24)25/h1-5,10H,6-9,11H2. The molecule has 0 aliphatic carbocycles. The molecule has 1 fully saturated rings. The van der Waals surface area contributed by atoms with Crippen LogP contribution in [0.3, 0.4) is 0 Å². The number of rotatable bonds is 4. The molecule has 10 heteroatoms. The lowest BCUT2D eigenvalue weighted by Gasteiger charge is -2.35. The van der Waals surface area contributed by atoms with Crippen LogP contribution in [0, 0.1) is 10.1 Å². The van der Waals surface area contributed by atoms with E-state index in [1.165, 1.54) is 29.2 Å². The molecule has 0 atom stereocenters. The average Bonchev–Trinajstić information content (AvgIpc) is 2.64. The molecule has 1 amide bonds. The number of nitrogens with zero attached hydrogens (tertiary/aromatic N) is 6. The zero-order valence-corrected chi connectivity index (χ0v) is 13.3. The Morgan fingerprint density at radius 2 is 1.96 bits per heavy atom. The van der Waals surface area contributed by atoms with Crippen molar-refractivity contribution < 1.29 is 9.72 Å². The Labute approximate surface area is 142 Å². The maximum atomic E-state index is 12.3. The van der Waals surface area contributed by atoms with E-state index in [0.717, 1.165) is 5.69 Å². The normalized spacial score (nSPS) is 14.4. The Morgan fingerprint density at radius 3 is 2.56 bits per heavy atom. The molecule has 3 rings (SSSR count). The highest BCUT2D eigenvalue weighted by atomic mass is 16.6. The highest BCUT2D eigenvalue weighted by Crippen LogP contribution is 2.18. The third-order valence-corrected chi connectivity index (χ3v) is 4.01. The summed E-state index contributed by atoms with van der Waals surface area (Å²) in [5.74, 6) is -0.337. The fourth-order valence-electron chi connectivity index (χ4n) is 2.64. The lowest BCUT2D eigenvalue weighted by atomic mass is 10.2. The van der Waals surface area contributed by atoms with Crippen molar-refractivity contribution in [1.82, 2.24) is 19.4 Å². The van der Waals surface area contributed by atoms with Crippen molar-refractivity contribution in [1.29, 1.82) is 0 Å². The maximum absolute atomic E-state index is 12.3. The lowest BCUT2D eigenvalue weighted by molar-refractivity contribution is -0.389. The molecule has 1 aliphatic heterocycles. The third kappa shape index (κ3) is 3.79. The van der Waals surface area contributed by atoms with Gasteiger partial charge in [-0.3, -0.25) is 9.36 Å². The molecule has 0 saturated carbocycles. The smallest absolute Gasteiger partial charge is 0.363 e.